The van der Waals surface area contributed by atoms with Crippen LogP contribution in [0.1, 0.15) is 12.5 Å². The van der Waals surface area contributed by atoms with Crippen LogP contribution in [0, 0.1) is 11.6 Å². The number of benzene rings is 1. The van der Waals surface area contributed by atoms with E-state index in [9.17, 15) is 8.78 Å². The van der Waals surface area contributed by atoms with E-state index in [0.717, 1.165) is 18.1 Å². The maximum Gasteiger partial charge on any atom is 0.159 e. The molecular weight excluding hydrogens is 261 g/mol. The van der Waals surface area contributed by atoms with E-state index in [1.807, 2.05) is 6.92 Å². The highest BCUT2D eigenvalue weighted by atomic mass is 127. The summed E-state index contributed by atoms with van der Waals surface area (Å²) in [6.07, 6.45) is 0.733. The molecule has 0 saturated carbocycles. The lowest BCUT2D eigenvalue weighted by Crippen LogP contribution is -1.86. The normalized spacial score (nSPS) is 9.00. The van der Waals surface area contributed by atoms with Crippen LogP contribution in [0.25, 0.3) is 0 Å². The van der Waals surface area contributed by atoms with Crippen molar-refractivity contribution in [3.05, 3.63) is 35.4 Å². The summed E-state index contributed by atoms with van der Waals surface area (Å²) in [4.78, 5) is 0. The molecule has 0 amide bonds. The number of hydrogen-bond donors (Lipinski definition) is 0. The summed E-state index contributed by atoms with van der Waals surface area (Å²) in [6, 6.07) is 3.95. The molecule has 1 aromatic rings. The molecule has 0 saturated heterocycles. The van der Waals surface area contributed by atoms with Crippen LogP contribution in [0.5, 0.6) is 0 Å². The smallest absolute Gasteiger partial charge is 0.159 e. The largest absolute Gasteiger partial charge is 0.204 e. The molecule has 11 heavy (non-hydrogen) atoms. The molecule has 0 fully saturated rings. The van der Waals surface area contributed by atoms with Crippen LogP contribution in [-0.2, 0) is 6.42 Å². The Hall–Kier alpha value is -0.190. The number of halogens is 3. The molecule has 0 radical (unpaired) electrons. The van der Waals surface area contributed by atoms with Crippen LogP contribution < -0.4 is 0 Å². The second-order valence-electron chi connectivity index (χ2n) is 2.10. The Morgan fingerprint density at radius 3 is 2.27 bits per heavy atom. The van der Waals surface area contributed by atoms with E-state index in [2.05, 4.69) is 0 Å². The van der Waals surface area contributed by atoms with Crippen molar-refractivity contribution in [1.29, 1.82) is 0 Å². The van der Waals surface area contributed by atoms with Crippen LogP contribution >= 0.6 is 24.0 Å². The highest BCUT2D eigenvalue weighted by Crippen LogP contribution is 2.08. The van der Waals surface area contributed by atoms with Crippen LogP contribution in [0.3, 0.4) is 0 Å². The lowest BCUT2D eigenvalue weighted by atomic mass is 10.2. The minimum absolute atomic E-state index is 0. The lowest BCUT2D eigenvalue weighted by Gasteiger charge is -1.95. The van der Waals surface area contributed by atoms with Crippen molar-refractivity contribution in [3.8, 4) is 0 Å². The number of rotatable bonds is 1. The number of hydrogen-bond acceptors (Lipinski definition) is 0. The van der Waals surface area contributed by atoms with E-state index in [4.69, 9.17) is 0 Å². The third-order valence-corrected chi connectivity index (χ3v) is 1.39. The fourth-order valence-corrected chi connectivity index (χ4v) is 0.760. The summed E-state index contributed by atoms with van der Waals surface area (Å²) in [5.41, 5.74) is 0.818. The van der Waals surface area contributed by atoms with Crippen molar-refractivity contribution in [2.24, 2.45) is 0 Å². The van der Waals surface area contributed by atoms with Crippen molar-refractivity contribution in [2.45, 2.75) is 13.3 Å². The number of aryl methyl sites for hydroxylation is 1. The van der Waals surface area contributed by atoms with E-state index in [1.54, 1.807) is 6.07 Å². The molecule has 0 aliphatic rings. The van der Waals surface area contributed by atoms with Gasteiger partial charge in [-0.25, -0.2) is 8.78 Å². The average Bonchev–Trinajstić information content (AvgIpc) is 1.95. The second kappa shape index (κ2) is 4.64. The molecule has 0 unspecified atom stereocenters. The molecule has 0 bridgehead atoms. The summed E-state index contributed by atoms with van der Waals surface area (Å²) in [6.45, 7) is 1.90. The molecule has 0 aromatic heterocycles. The second-order valence-corrected chi connectivity index (χ2v) is 2.10. The zero-order valence-corrected chi connectivity index (χ0v) is 8.43. The SMILES string of the molecule is CCc1ccc(F)c(F)c1.I. The van der Waals surface area contributed by atoms with Gasteiger partial charge in [0.1, 0.15) is 0 Å². The van der Waals surface area contributed by atoms with Gasteiger partial charge in [0.25, 0.3) is 0 Å². The predicted octanol–water partition coefficient (Wildman–Crippen LogP) is 3.15. The Bertz CT molecular complexity index is 236. The Kier molecular flexibility index (Phi) is 4.56. The monoisotopic (exact) mass is 270 g/mol. The molecule has 0 atom stereocenters. The maximum atomic E-state index is 12.4. The van der Waals surface area contributed by atoms with Gasteiger partial charge in [-0.2, -0.15) is 0 Å². The summed E-state index contributed by atoms with van der Waals surface area (Å²) in [5.74, 6) is -1.54. The van der Waals surface area contributed by atoms with Gasteiger partial charge in [-0.1, -0.05) is 13.0 Å². The molecule has 0 heterocycles. The van der Waals surface area contributed by atoms with Gasteiger partial charge >= 0.3 is 0 Å². The van der Waals surface area contributed by atoms with Gasteiger partial charge in [0.05, 0.1) is 0 Å². The minimum Gasteiger partial charge on any atom is -0.204 e. The van der Waals surface area contributed by atoms with Crippen molar-refractivity contribution in [3.63, 3.8) is 0 Å². The van der Waals surface area contributed by atoms with Gasteiger partial charge in [0.2, 0.25) is 0 Å². The summed E-state index contributed by atoms with van der Waals surface area (Å²) in [5, 5.41) is 0. The molecule has 1 aromatic carbocycles. The van der Waals surface area contributed by atoms with E-state index in [0.29, 0.717) is 0 Å². The van der Waals surface area contributed by atoms with Gasteiger partial charge < -0.3 is 0 Å². The summed E-state index contributed by atoms with van der Waals surface area (Å²) < 4.78 is 24.7. The highest BCUT2D eigenvalue weighted by molar-refractivity contribution is 14.0. The zero-order chi connectivity index (χ0) is 7.56. The zero-order valence-electron chi connectivity index (χ0n) is 6.10. The standard InChI is InChI=1S/C8H8F2.HI/c1-2-6-3-4-7(9)8(10)5-6;/h3-5H,2H2,1H3;1H. The fraction of sp³-hybridized carbons (Fsp3) is 0.250. The molecular formula is C8H9F2I. The fourth-order valence-electron chi connectivity index (χ4n) is 0.760. The van der Waals surface area contributed by atoms with Crippen molar-refractivity contribution in [1.82, 2.24) is 0 Å². The lowest BCUT2D eigenvalue weighted by molar-refractivity contribution is 0.507. The van der Waals surface area contributed by atoms with Crippen LogP contribution in [0.15, 0.2) is 18.2 Å². The maximum absolute atomic E-state index is 12.4. The summed E-state index contributed by atoms with van der Waals surface area (Å²) >= 11 is 0. The topological polar surface area (TPSA) is 0 Å². The first-order chi connectivity index (χ1) is 4.74. The highest BCUT2D eigenvalue weighted by Gasteiger charge is 1.99. The molecule has 62 valence electrons. The first-order valence-corrected chi connectivity index (χ1v) is 3.18. The van der Waals surface area contributed by atoms with E-state index < -0.39 is 11.6 Å². The van der Waals surface area contributed by atoms with Gasteiger partial charge in [-0.15, -0.1) is 24.0 Å². The van der Waals surface area contributed by atoms with Gasteiger partial charge in [-0.05, 0) is 24.1 Å². The Balaban J connectivity index is 0.000001000. The van der Waals surface area contributed by atoms with Crippen LogP contribution in [-0.4, -0.2) is 0 Å². The average molecular weight is 270 g/mol. The Morgan fingerprint density at radius 1 is 1.18 bits per heavy atom. The van der Waals surface area contributed by atoms with Gasteiger partial charge in [-0.3, -0.25) is 0 Å². The summed E-state index contributed by atoms with van der Waals surface area (Å²) in [7, 11) is 0. The molecule has 1 rings (SSSR count). The van der Waals surface area contributed by atoms with Crippen molar-refractivity contribution >= 4 is 24.0 Å². The van der Waals surface area contributed by atoms with Crippen molar-refractivity contribution in [2.75, 3.05) is 0 Å². The van der Waals surface area contributed by atoms with Crippen LogP contribution in [0.4, 0.5) is 8.78 Å². The molecule has 3 heteroatoms. The van der Waals surface area contributed by atoms with Crippen molar-refractivity contribution < 1.29 is 8.78 Å². The first-order valence-electron chi connectivity index (χ1n) is 3.18. The third kappa shape index (κ3) is 2.73. The molecule has 0 aliphatic heterocycles. The Labute approximate surface area is 81.6 Å². The van der Waals surface area contributed by atoms with Gasteiger partial charge in [0, 0.05) is 0 Å². The molecule has 0 nitrogen and oxygen atoms in total. The Morgan fingerprint density at radius 2 is 1.82 bits per heavy atom. The molecule has 0 N–H and O–H groups in total. The van der Waals surface area contributed by atoms with E-state index in [-0.39, 0.29) is 24.0 Å². The van der Waals surface area contributed by atoms with E-state index >= 15 is 0 Å². The van der Waals surface area contributed by atoms with Crippen LogP contribution in [0.2, 0.25) is 0 Å². The molecule has 0 spiro atoms. The first kappa shape index (κ1) is 10.8. The quantitative estimate of drug-likeness (QED) is 0.688. The third-order valence-electron chi connectivity index (χ3n) is 1.39. The predicted molar refractivity (Wildman–Crippen MR) is 51.2 cm³/mol. The van der Waals surface area contributed by atoms with E-state index in [1.165, 1.54) is 6.07 Å². The van der Waals surface area contributed by atoms with Gasteiger partial charge in [0.15, 0.2) is 11.6 Å². The molecule has 0 aliphatic carbocycles. The minimum atomic E-state index is -0.780.